The lowest BCUT2D eigenvalue weighted by molar-refractivity contribution is -0.116. The predicted octanol–water partition coefficient (Wildman–Crippen LogP) is 2.48. The van der Waals surface area contributed by atoms with E-state index >= 15 is 0 Å². The Morgan fingerprint density at radius 2 is 1.96 bits per heavy atom. The Labute approximate surface area is 169 Å². The van der Waals surface area contributed by atoms with Crippen molar-refractivity contribution < 1.29 is 13.2 Å². The summed E-state index contributed by atoms with van der Waals surface area (Å²) in [6, 6.07) is 10.0. The van der Waals surface area contributed by atoms with Crippen LogP contribution < -0.4 is 15.6 Å². The molecule has 1 amide bonds. The second-order valence-electron chi connectivity index (χ2n) is 6.29. The third kappa shape index (κ3) is 4.76. The van der Waals surface area contributed by atoms with E-state index < -0.39 is 15.9 Å². The van der Waals surface area contributed by atoms with Gasteiger partial charge in [0.1, 0.15) is 6.54 Å². The van der Waals surface area contributed by atoms with E-state index in [1.807, 2.05) is 0 Å². The second kappa shape index (κ2) is 7.72. The Morgan fingerprint density at radius 3 is 2.68 bits per heavy atom. The number of anilines is 2. The van der Waals surface area contributed by atoms with E-state index in [1.165, 1.54) is 17.0 Å². The Balaban J connectivity index is 1.81. The number of amides is 1. The van der Waals surface area contributed by atoms with Gasteiger partial charge in [-0.25, -0.2) is 13.4 Å². The summed E-state index contributed by atoms with van der Waals surface area (Å²) < 4.78 is 27.3. The highest BCUT2D eigenvalue weighted by Crippen LogP contribution is 2.21. The third-order valence-corrected chi connectivity index (χ3v) is 5.00. The molecule has 0 fully saturated rings. The van der Waals surface area contributed by atoms with E-state index in [9.17, 15) is 18.0 Å². The Morgan fingerprint density at radius 1 is 1.21 bits per heavy atom. The SMILES string of the molecule is Cc1ccc(NC(=O)Cn2cnc3ccc(Br)cc3c2=O)cc1NS(C)(=O)=O. The van der Waals surface area contributed by atoms with Crippen molar-refractivity contribution in [3.8, 4) is 0 Å². The van der Waals surface area contributed by atoms with Gasteiger partial charge in [0.05, 0.1) is 29.2 Å². The molecule has 0 aliphatic rings. The molecule has 146 valence electrons. The van der Waals surface area contributed by atoms with Crippen LogP contribution in [0, 0.1) is 6.92 Å². The highest BCUT2D eigenvalue weighted by atomic mass is 79.9. The summed E-state index contributed by atoms with van der Waals surface area (Å²) >= 11 is 3.32. The molecule has 3 rings (SSSR count). The van der Waals surface area contributed by atoms with E-state index in [2.05, 4.69) is 31.0 Å². The number of aryl methyl sites for hydroxylation is 1. The van der Waals surface area contributed by atoms with Crippen LogP contribution in [0.25, 0.3) is 10.9 Å². The largest absolute Gasteiger partial charge is 0.324 e. The number of carbonyl (C=O) groups is 1. The second-order valence-corrected chi connectivity index (χ2v) is 8.96. The molecule has 1 aromatic heterocycles. The number of nitrogens with one attached hydrogen (secondary N) is 2. The van der Waals surface area contributed by atoms with Crippen LogP contribution in [0.5, 0.6) is 0 Å². The molecule has 10 heteroatoms. The van der Waals surface area contributed by atoms with Gasteiger partial charge in [0.2, 0.25) is 15.9 Å². The lowest BCUT2D eigenvalue weighted by Crippen LogP contribution is -2.28. The molecule has 0 saturated heterocycles. The number of rotatable bonds is 5. The van der Waals surface area contributed by atoms with E-state index in [4.69, 9.17) is 0 Å². The fourth-order valence-electron chi connectivity index (χ4n) is 2.61. The van der Waals surface area contributed by atoms with Crippen LogP contribution in [0.3, 0.4) is 0 Å². The van der Waals surface area contributed by atoms with E-state index in [0.29, 0.717) is 27.8 Å². The number of aromatic nitrogens is 2. The molecular weight excluding hydrogens is 448 g/mol. The van der Waals surface area contributed by atoms with Crippen molar-refractivity contribution >= 4 is 54.1 Å². The maximum absolute atomic E-state index is 12.6. The number of nitrogens with zero attached hydrogens (tertiary/aromatic N) is 2. The fourth-order valence-corrected chi connectivity index (χ4v) is 3.59. The summed E-state index contributed by atoms with van der Waals surface area (Å²) in [5, 5.41) is 3.06. The first-order valence-electron chi connectivity index (χ1n) is 8.15. The number of benzene rings is 2. The topological polar surface area (TPSA) is 110 Å². The van der Waals surface area contributed by atoms with Crippen molar-refractivity contribution in [3.05, 3.63) is 63.1 Å². The third-order valence-electron chi connectivity index (χ3n) is 3.92. The van der Waals surface area contributed by atoms with E-state index in [0.717, 1.165) is 10.7 Å². The molecule has 1 heterocycles. The van der Waals surface area contributed by atoms with Crippen molar-refractivity contribution in [1.82, 2.24) is 9.55 Å². The Hall–Kier alpha value is -2.72. The van der Waals surface area contributed by atoms with Crippen LogP contribution in [-0.2, 0) is 21.4 Å². The molecule has 0 bridgehead atoms. The van der Waals surface area contributed by atoms with Crippen LogP contribution in [-0.4, -0.2) is 30.1 Å². The molecule has 0 atom stereocenters. The normalized spacial score (nSPS) is 11.4. The van der Waals surface area contributed by atoms with Gasteiger partial charge >= 0.3 is 0 Å². The van der Waals surface area contributed by atoms with E-state index in [1.54, 1.807) is 37.3 Å². The van der Waals surface area contributed by atoms with Crippen LogP contribution in [0.4, 0.5) is 11.4 Å². The van der Waals surface area contributed by atoms with Gasteiger partial charge in [-0.2, -0.15) is 0 Å². The highest BCUT2D eigenvalue weighted by molar-refractivity contribution is 9.10. The summed E-state index contributed by atoms with van der Waals surface area (Å²) in [5.74, 6) is -0.438. The van der Waals surface area contributed by atoms with Crippen molar-refractivity contribution in [1.29, 1.82) is 0 Å². The zero-order valence-electron chi connectivity index (χ0n) is 15.1. The first-order valence-corrected chi connectivity index (χ1v) is 10.8. The van der Waals surface area contributed by atoms with Gasteiger partial charge in [0.25, 0.3) is 5.56 Å². The minimum atomic E-state index is -3.44. The molecule has 0 spiro atoms. The summed E-state index contributed by atoms with van der Waals surface area (Å²) in [7, 11) is -3.44. The molecule has 0 aliphatic carbocycles. The van der Waals surface area contributed by atoms with Gasteiger partial charge in [-0.05, 0) is 42.8 Å². The quantitative estimate of drug-likeness (QED) is 0.602. The van der Waals surface area contributed by atoms with Crippen molar-refractivity contribution in [2.24, 2.45) is 0 Å². The van der Waals surface area contributed by atoms with Crippen LogP contribution in [0.15, 0.2) is 52.0 Å². The van der Waals surface area contributed by atoms with Gasteiger partial charge in [-0.15, -0.1) is 0 Å². The maximum atomic E-state index is 12.6. The lowest BCUT2D eigenvalue weighted by Gasteiger charge is -2.12. The predicted molar refractivity (Wildman–Crippen MR) is 112 cm³/mol. The van der Waals surface area contributed by atoms with Crippen LogP contribution >= 0.6 is 15.9 Å². The molecule has 3 aromatic rings. The van der Waals surface area contributed by atoms with Crippen LogP contribution in [0.2, 0.25) is 0 Å². The van der Waals surface area contributed by atoms with Crippen molar-refractivity contribution in [2.75, 3.05) is 16.3 Å². The lowest BCUT2D eigenvalue weighted by atomic mass is 10.2. The maximum Gasteiger partial charge on any atom is 0.261 e. The zero-order chi connectivity index (χ0) is 20.5. The molecule has 8 nitrogen and oxygen atoms in total. The number of hydrogen-bond acceptors (Lipinski definition) is 5. The van der Waals surface area contributed by atoms with Crippen molar-refractivity contribution in [3.63, 3.8) is 0 Å². The Kier molecular flexibility index (Phi) is 5.52. The molecular formula is C18H17BrN4O4S. The average Bonchev–Trinajstić information content (AvgIpc) is 2.59. The highest BCUT2D eigenvalue weighted by Gasteiger charge is 2.11. The number of halogens is 1. The Bertz CT molecular complexity index is 1240. The van der Waals surface area contributed by atoms with Crippen molar-refractivity contribution in [2.45, 2.75) is 13.5 Å². The van der Waals surface area contributed by atoms with Gasteiger partial charge in [0, 0.05) is 10.2 Å². The summed E-state index contributed by atoms with van der Waals surface area (Å²) in [5.41, 5.74) is 1.70. The number of hydrogen-bond donors (Lipinski definition) is 2. The first-order chi connectivity index (χ1) is 13.1. The fraction of sp³-hybridized carbons (Fsp3) is 0.167. The smallest absolute Gasteiger partial charge is 0.261 e. The number of fused-ring (bicyclic) bond motifs is 1. The summed E-state index contributed by atoms with van der Waals surface area (Å²) in [6.07, 6.45) is 2.37. The van der Waals surface area contributed by atoms with Gasteiger partial charge in [-0.3, -0.25) is 18.9 Å². The average molecular weight is 465 g/mol. The number of carbonyl (C=O) groups excluding carboxylic acids is 1. The summed E-state index contributed by atoms with van der Waals surface area (Å²) in [6.45, 7) is 1.52. The monoisotopic (exact) mass is 464 g/mol. The van der Waals surface area contributed by atoms with Gasteiger partial charge in [0.15, 0.2) is 0 Å². The first kappa shape index (κ1) is 20.0. The van der Waals surface area contributed by atoms with Gasteiger partial charge < -0.3 is 5.32 Å². The molecule has 0 saturated carbocycles. The molecule has 0 radical (unpaired) electrons. The minimum absolute atomic E-state index is 0.225. The standard InChI is InChI=1S/C18H17BrN4O4S/c1-11-3-5-13(8-16(11)22-28(2,26)27)21-17(24)9-23-10-20-15-6-4-12(19)7-14(15)18(23)25/h3-8,10,22H,9H2,1-2H3,(H,21,24). The van der Waals surface area contributed by atoms with E-state index in [-0.39, 0.29) is 12.1 Å². The molecule has 28 heavy (non-hydrogen) atoms. The molecule has 0 unspecified atom stereocenters. The van der Waals surface area contributed by atoms with Gasteiger partial charge in [-0.1, -0.05) is 22.0 Å². The van der Waals surface area contributed by atoms with Crippen LogP contribution in [0.1, 0.15) is 5.56 Å². The zero-order valence-corrected chi connectivity index (χ0v) is 17.5. The minimum Gasteiger partial charge on any atom is -0.324 e. The summed E-state index contributed by atoms with van der Waals surface area (Å²) in [4.78, 5) is 29.1. The molecule has 2 aromatic carbocycles. The number of sulfonamides is 1. The molecule has 2 N–H and O–H groups in total. The molecule has 0 aliphatic heterocycles.